The highest BCUT2D eigenvalue weighted by Gasteiger charge is 2.28. The summed E-state index contributed by atoms with van der Waals surface area (Å²) in [5.41, 5.74) is 8.56. The van der Waals surface area contributed by atoms with Crippen molar-refractivity contribution < 1.29 is 4.79 Å². The zero-order valence-electron chi connectivity index (χ0n) is 18.3. The van der Waals surface area contributed by atoms with Gasteiger partial charge in [-0.3, -0.25) is 9.80 Å². The number of anilines is 4. The van der Waals surface area contributed by atoms with Crippen LogP contribution in [0.1, 0.15) is 24.2 Å². The lowest BCUT2D eigenvalue weighted by atomic mass is 10.2. The number of carbonyl (C=O) groups is 1. The Morgan fingerprint density at radius 3 is 2.84 bits per heavy atom. The molecule has 2 aromatic rings. The number of hydrazine groups is 1. The Kier molecular flexibility index (Phi) is 7.27. The third-order valence-corrected chi connectivity index (χ3v) is 4.92. The lowest BCUT2D eigenvalue weighted by molar-refractivity contribution is 0.0989. The highest BCUT2D eigenvalue weighted by Crippen LogP contribution is 2.28. The molecule has 0 radical (unpaired) electrons. The minimum Gasteiger partial charge on any atom is -0.400 e. The zero-order chi connectivity index (χ0) is 22.4. The molecule has 1 aliphatic heterocycles. The predicted molar refractivity (Wildman–Crippen MR) is 125 cm³/mol. The van der Waals surface area contributed by atoms with Crippen molar-refractivity contribution in [2.75, 3.05) is 59.9 Å². The van der Waals surface area contributed by atoms with Crippen LogP contribution in [0.25, 0.3) is 0 Å². The molecule has 31 heavy (non-hydrogen) atoms. The number of carbonyl (C=O) groups excluding carboxylic acids is 1. The van der Waals surface area contributed by atoms with E-state index in [4.69, 9.17) is 11.6 Å². The summed E-state index contributed by atoms with van der Waals surface area (Å²) in [6.45, 7) is 7.20. The number of fused-ring (bicyclic) bond motifs is 1. The largest absolute Gasteiger partial charge is 0.400 e. The molecule has 0 spiro atoms. The summed E-state index contributed by atoms with van der Waals surface area (Å²) in [5, 5.41) is 7.71. The molecule has 0 saturated heterocycles. The molecule has 1 aromatic carbocycles. The third kappa shape index (κ3) is 5.22. The first-order valence-electron chi connectivity index (χ1n) is 10.4. The lowest BCUT2D eigenvalue weighted by Crippen LogP contribution is -2.34. The van der Waals surface area contributed by atoms with E-state index in [0.717, 1.165) is 17.9 Å². The number of nitrogens with two attached hydrogens (primary N) is 2. The molecule has 10 nitrogen and oxygen atoms in total. The number of benzene rings is 1. The van der Waals surface area contributed by atoms with Crippen molar-refractivity contribution in [2.24, 2.45) is 11.6 Å². The van der Waals surface area contributed by atoms with Crippen LogP contribution in [0.2, 0.25) is 0 Å². The summed E-state index contributed by atoms with van der Waals surface area (Å²) in [6.07, 6.45) is 3.26. The van der Waals surface area contributed by atoms with Crippen LogP contribution >= 0.6 is 0 Å². The summed E-state index contributed by atoms with van der Waals surface area (Å²) in [6, 6.07) is 7.49. The van der Waals surface area contributed by atoms with Crippen molar-refractivity contribution in [2.45, 2.75) is 13.8 Å². The Hall–Kier alpha value is -3.37. The maximum Gasteiger partial charge on any atom is 0.263 e. The fourth-order valence-electron chi connectivity index (χ4n) is 3.30. The van der Waals surface area contributed by atoms with Gasteiger partial charge in [-0.15, -0.1) is 0 Å². The van der Waals surface area contributed by atoms with Gasteiger partial charge in [-0.05, 0) is 31.7 Å². The van der Waals surface area contributed by atoms with E-state index in [1.54, 1.807) is 17.3 Å². The number of nitrogens with zero attached hydrogens (tertiary/aromatic N) is 5. The summed E-state index contributed by atoms with van der Waals surface area (Å²) in [5.74, 6) is 7.17. The van der Waals surface area contributed by atoms with Gasteiger partial charge in [0.2, 0.25) is 5.95 Å². The van der Waals surface area contributed by atoms with E-state index >= 15 is 0 Å². The molecule has 0 saturated carbocycles. The summed E-state index contributed by atoms with van der Waals surface area (Å²) >= 11 is 0. The van der Waals surface area contributed by atoms with Crippen molar-refractivity contribution in [1.29, 1.82) is 0 Å². The number of hydrogen-bond acceptors (Lipinski definition) is 9. The second-order valence-electron chi connectivity index (χ2n) is 7.25. The lowest BCUT2D eigenvalue weighted by Gasteiger charge is -2.23. The van der Waals surface area contributed by atoms with E-state index in [9.17, 15) is 4.79 Å². The minimum atomic E-state index is -0.148. The van der Waals surface area contributed by atoms with Crippen molar-refractivity contribution in [1.82, 2.24) is 15.3 Å². The quantitative estimate of drug-likeness (QED) is 0.363. The predicted octanol–water partition coefficient (Wildman–Crippen LogP) is 1.09. The molecule has 2 heterocycles. The number of amides is 1. The van der Waals surface area contributed by atoms with Crippen molar-refractivity contribution >= 4 is 29.0 Å². The van der Waals surface area contributed by atoms with Crippen LogP contribution in [0.4, 0.5) is 23.1 Å². The van der Waals surface area contributed by atoms with Gasteiger partial charge in [-0.1, -0.05) is 13.0 Å². The van der Waals surface area contributed by atoms with E-state index in [1.807, 2.05) is 50.1 Å². The van der Waals surface area contributed by atoms with Gasteiger partial charge in [0.15, 0.2) is 0 Å². The summed E-state index contributed by atoms with van der Waals surface area (Å²) < 4.78 is 0. The summed E-state index contributed by atoms with van der Waals surface area (Å²) in [4.78, 5) is 25.9. The number of likely N-dealkylation sites (N-methyl/N-ethyl adjacent to an activating group) is 2. The minimum absolute atomic E-state index is 0.148. The molecule has 6 N–H and O–H groups in total. The molecule has 0 bridgehead atoms. The zero-order valence-corrected chi connectivity index (χ0v) is 18.3. The first kappa shape index (κ1) is 22.3. The van der Waals surface area contributed by atoms with Gasteiger partial charge in [0.25, 0.3) is 5.91 Å². The first-order valence-corrected chi connectivity index (χ1v) is 10.4. The normalized spacial score (nSPS) is 14.3. The maximum absolute atomic E-state index is 13.3. The second kappa shape index (κ2) is 10.1. The SMILES string of the molecule is CCNC/C(N)=C/N(N)c1cccc(N2CCN(C)c3nc(NCC)ncc3C2=O)c1. The van der Waals surface area contributed by atoms with Crippen molar-refractivity contribution in [3.05, 3.63) is 47.9 Å². The van der Waals surface area contributed by atoms with Crippen LogP contribution in [-0.2, 0) is 0 Å². The molecular weight excluding hydrogens is 394 g/mol. The van der Waals surface area contributed by atoms with E-state index in [-0.39, 0.29) is 5.91 Å². The molecule has 1 amide bonds. The van der Waals surface area contributed by atoms with Crippen LogP contribution in [0.5, 0.6) is 0 Å². The Balaban J connectivity index is 1.87. The van der Waals surface area contributed by atoms with Crippen LogP contribution in [-0.4, -0.2) is 55.6 Å². The Morgan fingerprint density at radius 1 is 1.29 bits per heavy atom. The molecule has 10 heteroatoms. The fraction of sp³-hybridized carbons (Fsp3) is 0.381. The van der Waals surface area contributed by atoms with Crippen LogP contribution in [0.3, 0.4) is 0 Å². The summed E-state index contributed by atoms with van der Waals surface area (Å²) in [7, 11) is 1.92. The Labute approximate surface area is 182 Å². The number of rotatable bonds is 8. The van der Waals surface area contributed by atoms with Gasteiger partial charge in [0.1, 0.15) is 11.4 Å². The number of aromatic nitrogens is 2. The van der Waals surface area contributed by atoms with Gasteiger partial charge in [-0.2, -0.15) is 4.98 Å². The average molecular weight is 426 g/mol. The van der Waals surface area contributed by atoms with Crippen LogP contribution < -0.4 is 37.0 Å². The molecule has 0 aliphatic carbocycles. The Bertz CT molecular complexity index is 946. The number of hydrogen-bond donors (Lipinski definition) is 4. The molecule has 0 unspecified atom stereocenters. The van der Waals surface area contributed by atoms with Crippen molar-refractivity contribution in [3.63, 3.8) is 0 Å². The van der Waals surface area contributed by atoms with Crippen LogP contribution in [0.15, 0.2) is 42.4 Å². The topological polar surface area (TPSA) is 129 Å². The first-order chi connectivity index (χ1) is 14.9. The number of nitrogens with one attached hydrogen (secondary N) is 2. The monoisotopic (exact) mass is 425 g/mol. The Morgan fingerprint density at radius 2 is 2.10 bits per heavy atom. The standard InChI is InChI=1S/C21H31N9O/c1-4-24-12-15(22)14-30(23)17-8-6-7-16(11-17)29-10-9-28(3)19-18(20(29)31)13-26-21(27-19)25-5-2/h6-8,11,13-14,24H,4-5,9-10,12,22-23H2,1-3H3,(H,25,26,27)/b15-14-. The molecule has 0 fully saturated rings. The molecule has 0 atom stereocenters. The van der Waals surface area contributed by atoms with E-state index in [0.29, 0.717) is 49.2 Å². The van der Waals surface area contributed by atoms with Gasteiger partial charge >= 0.3 is 0 Å². The van der Waals surface area contributed by atoms with Gasteiger partial charge in [0, 0.05) is 57.0 Å². The van der Waals surface area contributed by atoms with Crippen LogP contribution in [0, 0.1) is 0 Å². The molecule has 1 aromatic heterocycles. The fourth-order valence-corrected chi connectivity index (χ4v) is 3.30. The van der Waals surface area contributed by atoms with Gasteiger partial charge < -0.3 is 26.2 Å². The van der Waals surface area contributed by atoms with Gasteiger partial charge in [-0.25, -0.2) is 10.8 Å². The van der Waals surface area contributed by atoms with Crippen molar-refractivity contribution in [3.8, 4) is 0 Å². The molecular formula is C21H31N9O. The second-order valence-corrected chi connectivity index (χ2v) is 7.25. The van der Waals surface area contributed by atoms with Gasteiger partial charge in [0.05, 0.1) is 5.69 Å². The molecule has 3 rings (SSSR count). The van der Waals surface area contributed by atoms with E-state index < -0.39 is 0 Å². The molecule has 1 aliphatic rings. The maximum atomic E-state index is 13.3. The highest BCUT2D eigenvalue weighted by atomic mass is 16.2. The molecule has 166 valence electrons. The smallest absolute Gasteiger partial charge is 0.263 e. The third-order valence-electron chi connectivity index (χ3n) is 4.92. The van der Waals surface area contributed by atoms with E-state index in [1.165, 1.54) is 5.01 Å². The highest BCUT2D eigenvalue weighted by molar-refractivity contribution is 6.09. The van der Waals surface area contributed by atoms with E-state index in [2.05, 4.69) is 20.6 Å². The average Bonchev–Trinajstić information content (AvgIpc) is 2.89.